The quantitative estimate of drug-likeness (QED) is 0.778. The molecular formula is C18H21BrN2O3. The Balaban J connectivity index is 2.13. The van der Waals surface area contributed by atoms with Crippen molar-refractivity contribution in [3.63, 3.8) is 0 Å². The molecule has 0 bridgehead atoms. The van der Waals surface area contributed by atoms with Gasteiger partial charge in [0.1, 0.15) is 23.9 Å². The number of benzene rings is 1. The fourth-order valence-corrected chi connectivity index (χ4v) is 2.42. The Bertz CT molecular complexity index is 754. The highest BCUT2D eigenvalue weighted by Gasteiger charge is 2.23. The molecule has 0 aliphatic carbocycles. The molecule has 0 saturated heterocycles. The molecule has 5 nitrogen and oxygen atoms in total. The van der Waals surface area contributed by atoms with E-state index in [0.717, 1.165) is 5.69 Å². The van der Waals surface area contributed by atoms with Gasteiger partial charge in [-0.2, -0.15) is 0 Å². The van der Waals surface area contributed by atoms with Gasteiger partial charge < -0.3 is 9.84 Å². The lowest BCUT2D eigenvalue weighted by molar-refractivity contribution is -0.125. The third-order valence-electron chi connectivity index (χ3n) is 3.71. The van der Waals surface area contributed by atoms with E-state index in [9.17, 15) is 9.90 Å². The molecule has 0 fully saturated rings. The number of hydrogen-bond acceptors (Lipinski definition) is 5. The summed E-state index contributed by atoms with van der Waals surface area (Å²) in [5, 5.41) is 10.4. The van der Waals surface area contributed by atoms with Crippen LogP contribution in [0.3, 0.4) is 0 Å². The second-order valence-electron chi connectivity index (χ2n) is 6.65. The highest BCUT2D eigenvalue weighted by atomic mass is 79.9. The lowest BCUT2D eigenvalue weighted by Crippen LogP contribution is -2.22. The number of nitrogens with zero attached hydrogens (tertiary/aromatic N) is 2. The van der Waals surface area contributed by atoms with E-state index in [2.05, 4.69) is 25.9 Å². The minimum atomic E-state index is -0.435. The second-order valence-corrected chi connectivity index (χ2v) is 7.36. The lowest BCUT2D eigenvalue weighted by atomic mass is 9.86. The van der Waals surface area contributed by atoms with Gasteiger partial charge in [0.15, 0.2) is 4.73 Å². The van der Waals surface area contributed by atoms with Gasteiger partial charge in [-0.15, -0.1) is 0 Å². The Morgan fingerprint density at radius 2 is 2.00 bits per heavy atom. The molecule has 0 atom stereocenters. The van der Waals surface area contributed by atoms with Gasteiger partial charge in [-0.05, 0) is 35.0 Å². The number of aromatic hydroxyl groups is 1. The van der Waals surface area contributed by atoms with Crippen molar-refractivity contribution in [3.8, 4) is 11.5 Å². The van der Waals surface area contributed by atoms with Crippen molar-refractivity contribution < 1.29 is 14.6 Å². The number of carbonyl (C=O) groups excluding carboxylic acids is 1. The number of hydrogen-bond donors (Lipinski definition) is 1. The lowest BCUT2D eigenvalue weighted by Gasteiger charge is -2.18. The van der Waals surface area contributed by atoms with Gasteiger partial charge >= 0.3 is 0 Å². The molecule has 1 N–H and O–H groups in total. The van der Waals surface area contributed by atoms with Crippen molar-refractivity contribution >= 4 is 21.7 Å². The molecule has 24 heavy (non-hydrogen) atoms. The molecule has 6 heteroatoms. The molecule has 0 unspecified atom stereocenters. The first-order valence-corrected chi connectivity index (χ1v) is 8.42. The van der Waals surface area contributed by atoms with Crippen LogP contribution in [0.2, 0.25) is 0 Å². The topological polar surface area (TPSA) is 72.3 Å². The van der Waals surface area contributed by atoms with Crippen molar-refractivity contribution in [1.82, 2.24) is 9.97 Å². The van der Waals surface area contributed by atoms with Crippen LogP contribution in [0.15, 0.2) is 29.1 Å². The number of halogens is 1. The van der Waals surface area contributed by atoms with Crippen molar-refractivity contribution in [1.29, 1.82) is 0 Å². The Morgan fingerprint density at radius 1 is 1.29 bits per heavy atom. The van der Waals surface area contributed by atoms with Crippen molar-refractivity contribution in [2.24, 2.45) is 5.41 Å². The molecule has 0 aliphatic rings. The summed E-state index contributed by atoms with van der Waals surface area (Å²) in [5.74, 6) is 0.750. The van der Waals surface area contributed by atoms with Gasteiger partial charge in [-0.3, -0.25) is 4.79 Å². The Kier molecular flexibility index (Phi) is 5.59. The minimum Gasteiger partial charge on any atom is -0.507 e. The molecule has 2 rings (SSSR count). The Morgan fingerprint density at radius 3 is 2.62 bits per heavy atom. The number of rotatable bonds is 5. The van der Waals surface area contributed by atoms with Crippen LogP contribution in [0.1, 0.15) is 37.6 Å². The smallest absolute Gasteiger partial charge is 0.196 e. The number of phenols is 1. The first-order chi connectivity index (χ1) is 11.2. The van der Waals surface area contributed by atoms with Gasteiger partial charge in [0.2, 0.25) is 0 Å². The summed E-state index contributed by atoms with van der Waals surface area (Å²) >= 11 is 3.21. The van der Waals surface area contributed by atoms with E-state index in [-0.39, 0.29) is 24.6 Å². The largest absolute Gasteiger partial charge is 0.507 e. The summed E-state index contributed by atoms with van der Waals surface area (Å²) in [6, 6.07) is 5.27. The van der Waals surface area contributed by atoms with Gasteiger partial charge in [0.05, 0.1) is 5.69 Å². The number of Topliss-reactive ketones (excluding diaryl/α,β-unsaturated/α-hetero) is 1. The van der Waals surface area contributed by atoms with Gasteiger partial charge in [-0.1, -0.05) is 26.8 Å². The number of ether oxygens (including phenoxy) is 1. The molecule has 0 aliphatic heterocycles. The van der Waals surface area contributed by atoms with Crippen molar-refractivity contribution in [2.75, 3.05) is 0 Å². The Hall–Kier alpha value is -1.95. The standard InChI is InChI=1S/C18H21BrN2O3/c1-11-14(24-10-13-7-8-20-17(19)21-13)6-5-12(16(11)23)9-15(22)18(2,3)4/h5-8,23H,9-10H2,1-4H3. The third kappa shape index (κ3) is 4.54. The van der Waals surface area contributed by atoms with Gasteiger partial charge in [0, 0.05) is 29.2 Å². The molecule has 0 spiro atoms. The molecular weight excluding hydrogens is 372 g/mol. The number of phenolic OH excluding ortho intramolecular Hbond substituents is 1. The van der Waals surface area contributed by atoms with Crippen LogP contribution in [0.4, 0.5) is 0 Å². The molecule has 2 aromatic rings. The predicted molar refractivity (Wildman–Crippen MR) is 95.1 cm³/mol. The SMILES string of the molecule is Cc1c(OCc2ccnc(Br)n2)ccc(CC(=O)C(C)(C)C)c1O. The normalized spacial score (nSPS) is 11.4. The van der Waals surface area contributed by atoms with E-state index >= 15 is 0 Å². The van der Waals surface area contributed by atoms with E-state index in [4.69, 9.17) is 4.74 Å². The molecule has 128 valence electrons. The number of aromatic nitrogens is 2. The van der Waals surface area contributed by atoms with E-state index in [1.807, 2.05) is 20.8 Å². The van der Waals surface area contributed by atoms with Gasteiger partial charge in [-0.25, -0.2) is 9.97 Å². The van der Waals surface area contributed by atoms with Crippen molar-refractivity contribution in [2.45, 2.75) is 40.7 Å². The van der Waals surface area contributed by atoms with Gasteiger partial charge in [0.25, 0.3) is 0 Å². The zero-order chi connectivity index (χ0) is 17.9. The predicted octanol–water partition coefficient (Wildman–Crippen LogP) is 3.99. The Labute approximate surface area is 150 Å². The monoisotopic (exact) mass is 392 g/mol. The fourth-order valence-electron chi connectivity index (χ4n) is 2.08. The molecule has 0 radical (unpaired) electrons. The average Bonchev–Trinajstić information content (AvgIpc) is 2.50. The third-order valence-corrected chi connectivity index (χ3v) is 4.09. The van der Waals surface area contributed by atoms with E-state index in [0.29, 0.717) is 21.6 Å². The molecule has 1 heterocycles. The summed E-state index contributed by atoms with van der Waals surface area (Å²) in [7, 11) is 0. The highest BCUT2D eigenvalue weighted by Crippen LogP contribution is 2.32. The maximum atomic E-state index is 12.2. The zero-order valence-corrected chi connectivity index (χ0v) is 15.8. The second kappa shape index (κ2) is 7.30. The van der Waals surface area contributed by atoms with E-state index in [1.54, 1.807) is 31.3 Å². The van der Waals surface area contributed by atoms with Crippen LogP contribution in [0.25, 0.3) is 0 Å². The first-order valence-electron chi connectivity index (χ1n) is 7.63. The summed E-state index contributed by atoms with van der Waals surface area (Å²) in [5.41, 5.74) is 1.52. The molecule has 0 saturated carbocycles. The maximum Gasteiger partial charge on any atom is 0.196 e. The molecule has 1 aromatic carbocycles. The maximum absolute atomic E-state index is 12.2. The average molecular weight is 393 g/mol. The van der Waals surface area contributed by atoms with Crippen LogP contribution in [0.5, 0.6) is 11.5 Å². The first kappa shape index (κ1) is 18.4. The minimum absolute atomic E-state index is 0.0803. The van der Waals surface area contributed by atoms with E-state index in [1.165, 1.54) is 0 Å². The van der Waals surface area contributed by atoms with Crippen LogP contribution >= 0.6 is 15.9 Å². The van der Waals surface area contributed by atoms with Crippen LogP contribution < -0.4 is 4.74 Å². The van der Waals surface area contributed by atoms with Crippen LogP contribution in [-0.2, 0) is 17.8 Å². The van der Waals surface area contributed by atoms with Crippen LogP contribution in [0, 0.1) is 12.3 Å². The fraction of sp³-hybridized carbons (Fsp3) is 0.389. The summed E-state index contributed by atoms with van der Waals surface area (Å²) in [4.78, 5) is 20.3. The molecule has 0 amide bonds. The number of ketones is 1. The summed E-state index contributed by atoms with van der Waals surface area (Å²) < 4.78 is 6.23. The zero-order valence-electron chi connectivity index (χ0n) is 14.3. The summed E-state index contributed by atoms with van der Waals surface area (Å²) in [6.45, 7) is 7.65. The number of carbonyl (C=O) groups is 1. The highest BCUT2D eigenvalue weighted by molar-refractivity contribution is 9.10. The summed E-state index contributed by atoms with van der Waals surface area (Å²) in [6.07, 6.45) is 1.84. The van der Waals surface area contributed by atoms with Crippen molar-refractivity contribution in [3.05, 3.63) is 46.0 Å². The van der Waals surface area contributed by atoms with Crippen LogP contribution in [-0.4, -0.2) is 20.9 Å². The molecule has 1 aromatic heterocycles. The van der Waals surface area contributed by atoms with E-state index < -0.39 is 5.41 Å².